The van der Waals surface area contributed by atoms with Crippen molar-refractivity contribution in [2.75, 3.05) is 39.6 Å². The molecule has 0 spiro atoms. The maximum atomic E-state index is 12.4. The van der Waals surface area contributed by atoms with E-state index in [-0.39, 0.29) is 16.6 Å². The number of carbonyl (C=O) groups is 1. The molecule has 7 nitrogen and oxygen atoms in total. The second kappa shape index (κ2) is 8.11. The van der Waals surface area contributed by atoms with Gasteiger partial charge in [0.25, 0.3) is 0 Å². The van der Waals surface area contributed by atoms with Gasteiger partial charge in [-0.05, 0) is 32.2 Å². The van der Waals surface area contributed by atoms with E-state index in [1.807, 2.05) is 0 Å². The first-order valence-corrected chi connectivity index (χ1v) is 8.40. The lowest BCUT2D eigenvalue weighted by Gasteiger charge is -2.16. The number of nitrogens with zero attached hydrogens (tertiary/aromatic N) is 1. The van der Waals surface area contributed by atoms with Crippen LogP contribution in [0.5, 0.6) is 5.75 Å². The monoisotopic (exact) mass is 329 g/mol. The number of ether oxygens (including phenoxy) is 1. The van der Waals surface area contributed by atoms with Gasteiger partial charge in [0.1, 0.15) is 10.6 Å². The third-order valence-corrected chi connectivity index (χ3v) is 4.72. The predicted molar refractivity (Wildman–Crippen MR) is 85.7 cm³/mol. The number of amides is 1. The van der Waals surface area contributed by atoms with E-state index in [1.54, 1.807) is 26.1 Å². The number of sulfonamides is 1. The van der Waals surface area contributed by atoms with E-state index in [0.717, 1.165) is 4.31 Å². The lowest BCUT2D eigenvalue weighted by atomic mass is 10.3. The Morgan fingerprint density at radius 1 is 1.32 bits per heavy atom. The summed E-state index contributed by atoms with van der Waals surface area (Å²) >= 11 is 0. The molecule has 8 heteroatoms. The van der Waals surface area contributed by atoms with E-state index in [4.69, 9.17) is 4.74 Å². The lowest BCUT2D eigenvalue weighted by molar-refractivity contribution is -0.116. The van der Waals surface area contributed by atoms with Crippen molar-refractivity contribution in [1.29, 1.82) is 0 Å². The highest BCUT2D eigenvalue weighted by Crippen LogP contribution is 2.29. The molecule has 1 aromatic rings. The third kappa shape index (κ3) is 4.69. The summed E-state index contributed by atoms with van der Waals surface area (Å²) in [6.45, 7) is 2.68. The normalized spacial score (nSPS) is 11.5. The second-order valence-corrected chi connectivity index (χ2v) is 6.90. The van der Waals surface area contributed by atoms with Crippen LogP contribution in [0.2, 0.25) is 0 Å². The number of hydrogen-bond acceptors (Lipinski definition) is 5. The van der Waals surface area contributed by atoms with Gasteiger partial charge >= 0.3 is 0 Å². The highest BCUT2D eigenvalue weighted by molar-refractivity contribution is 7.89. The number of carbonyl (C=O) groups excluding carboxylic acids is 1. The molecular weight excluding hydrogens is 306 g/mol. The fourth-order valence-corrected chi connectivity index (χ4v) is 2.77. The molecule has 2 N–H and O–H groups in total. The van der Waals surface area contributed by atoms with Crippen molar-refractivity contribution >= 4 is 21.6 Å². The highest BCUT2D eigenvalue weighted by Gasteiger charge is 2.23. The van der Waals surface area contributed by atoms with Gasteiger partial charge in [-0.15, -0.1) is 0 Å². The molecule has 1 aromatic carbocycles. The van der Waals surface area contributed by atoms with Gasteiger partial charge in [-0.2, -0.15) is 0 Å². The standard InChI is InChI=1S/C14H23N3O4S/c1-5-21-12-7-6-11(16-14(18)8-9-15-2)10-13(12)22(19,20)17(3)4/h6-7,10,15H,5,8-9H2,1-4H3,(H,16,18). The molecule has 0 saturated heterocycles. The minimum atomic E-state index is -3.66. The largest absolute Gasteiger partial charge is 0.492 e. The second-order valence-electron chi connectivity index (χ2n) is 4.78. The van der Waals surface area contributed by atoms with Crippen LogP contribution in [0.1, 0.15) is 13.3 Å². The summed E-state index contributed by atoms with van der Waals surface area (Å²) in [4.78, 5) is 11.8. The first-order chi connectivity index (χ1) is 10.3. The minimum absolute atomic E-state index is 0.0331. The number of nitrogens with one attached hydrogen (secondary N) is 2. The van der Waals surface area contributed by atoms with Crippen LogP contribution in [0, 0.1) is 0 Å². The zero-order valence-electron chi connectivity index (χ0n) is 13.3. The molecule has 0 heterocycles. The van der Waals surface area contributed by atoms with Gasteiger partial charge in [0, 0.05) is 32.7 Å². The van der Waals surface area contributed by atoms with E-state index < -0.39 is 10.0 Å². The number of benzene rings is 1. The van der Waals surface area contributed by atoms with Gasteiger partial charge in [-0.3, -0.25) is 4.79 Å². The van der Waals surface area contributed by atoms with E-state index in [0.29, 0.717) is 25.3 Å². The quantitative estimate of drug-likeness (QED) is 0.739. The van der Waals surface area contributed by atoms with Gasteiger partial charge in [-0.1, -0.05) is 0 Å². The number of rotatable bonds is 8. The highest BCUT2D eigenvalue weighted by atomic mass is 32.2. The van der Waals surface area contributed by atoms with Crippen LogP contribution in [0.4, 0.5) is 5.69 Å². The Kier molecular flexibility index (Phi) is 6.79. The molecule has 0 fully saturated rings. The molecule has 22 heavy (non-hydrogen) atoms. The molecule has 0 unspecified atom stereocenters. The molecule has 1 rings (SSSR count). The Balaban J connectivity index is 3.12. The van der Waals surface area contributed by atoms with Gasteiger partial charge in [0.05, 0.1) is 6.61 Å². The van der Waals surface area contributed by atoms with Crippen LogP contribution in [0.25, 0.3) is 0 Å². The molecule has 1 amide bonds. The Bertz CT molecular complexity index is 615. The van der Waals surface area contributed by atoms with Crippen molar-refractivity contribution in [3.8, 4) is 5.75 Å². The predicted octanol–water partition coefficient (Wildman–Crippen LogP) is 0.884. The Hall–Kier alpha value is -1.64. The summed E-state index contributed by atoms with van der Waals surface area (Å²) in [6.07, 6.45) is 0.305. The molecule has 0 aromatic heterocycles. The van der Waals surface area contributed by atoms with E-state index >= 15 is 0 Å². The van der Waals surface area contributed by atoms with Crippen LogP contribution < -0.4 is 15.4 Å². The molecule has 0 saturated carbocycles. The third-order valence-electron chi connectivity index (χ3n) is 2.89. The maximum Gasteiger partial charge on any atom is 0.246 e. The van der Waals surface area contributed by atoms with Crippen LogP contribution in [-0.4, -0.2) is 52.9 Å². The summed E-state index contributed by atoms with van der Waals surface area (Å²) in [5.41, 5.74) is 0.421. The van der Waals surface area contributed by atoms with Crippen molar-refractivity contribution in [3.63, 3.8) is 0 Å². The van der Waals surface area contributed by atoms with Crippen molar-refractivity contribution in [2.45, 2.75) is 18.2 Å². The summed E-state index contributed by atoms with van der Waals surface area (Å²) < 4.78 is 31.2. The molecule has 0 aliphatic carbocycles. The molecule has 0 aliphatic heterocycles. The summed E-state index contributed by atoms with van der Waals surface area (Å²) in [5, 5.41) is 5.56. The fraction of sp³-hybridized carbons (Fsp3) is 0.500. The molecule has 0 atom stereocenters. The fourth-order valence-electron chi connectivity index (χ4n) is 1.72. The van der Waals surface area contributed by atoms with E-state index in [1.165, 1.54) is 20.2 Å². The van der Waals surface area contributed by atoms with Gasteiger partial charge < -0.3 is 15.4 Å². The molecule has 124 valence electrons. The molecule has 0 bridgehead atoms. The Morgan fingerprint density at radius 2 is 2.00 bits per heavy atom. The SMILES string of the molecule is CCOc1ccc(NC(=O)CCNC)cc1S(=O)(=O)N(C)C. The van der Waals surface area contributed by atoms with Gasteiger partial charge in [0.2, 0.25) is 15.9 Å². The zero-order valence-corrected chi connectivity index (χ0v) is 14.2. The minimum Gasteiger partial charge on any atom is -0.492 e. The molecule has 0 radical (unpaired) electrons. The van der Waals surface area contributed by atoms with Crippen molar-refractivity contribution in [1.82, 2.24) is 9.62 Å². The number of anilines is 1. The topological polar surface area (TPSA) is 87.7 Å². The molecular formula is C14H23N3O4S. The zero-order chi connectivity index (χ0) is 16.8. The van der Waals surface area contributed by atoms with Crippen molar-refractivity contribution < 1.29 is 17.9 Å². The smallest absolute Gasteiger partial charge is 0.246 e. The Morgan fingerprint density at radius 3 is 2.55 bits per heavy atom. The first kappa shape index (κ1) is 18.4. The Labute approximate surface area is 131 Å². The summed E-state index contributed by atoms with van der Waals surface area (Å²) in [5.74, 6) is 0.0798. The van der Waals surface area contributed by atoms with Crippen LogP contribution in [-0.2, 0) is 14.8 Å². The number of hydrogen-bond donors (Lipinski definition) is 2. The van der Waals surface area contributed by atoms with Crippen LogP contribution >= 0.6 is 0 Å². The van der Waals surface area contributed by atoms with Crippen molar-refractivity contribution in [3.05, 3.63) is 18.2 Å². The average Bonchev–Trinajstić information content (AvgIpc) is 2.46. The average molecular weight is 329 g/mol. The van der Waals surface area contributed by atoms with Gasteiger partial charge in [-0.25, -0.2) is 12.7 Å². The maximum absolute atomic E-state index is 12.4. The summed E-state index contributed by atoms with van der Waals surface area (Å²) in [7, 11) is 0.991. The van der Waals surface area contributed by atoms with Crippen molar-refractivity contribution in [2.24, 2.45) is 0 Å². The van der Waals surface area contributed by atoms with E-state index in [9.17, 15) is 13.2 Å². The molecule has 0 aliphatic rings. The first-order valence-electron chi connectivity index (χ1n) is 6.96. The summed E-state index contributed by atoms with van der Waals surface area (Å²) in [6, 6.07) is 4.59. The van der Waals surface area contributed by atoms with Gasteiger partial charge in [0.15, 0.2) is 0 Å². The van der Waals surface area contributed by atoms with Crippen LogP contribution in [0.15, 0.2) is 23.1 Å². The van der Waals surface area contributed by atoms with E-state index in [2.05, 4.69) is 10.6 Å². The van der Waals surface area contributed by atoms with Crippen LogP contribution in [0.3, 0.4) is 0 Å². The lowest BCUT2D eigenvalue weighted by Crippen LogP contribution is -2.23.